The average Bonchev–Trinajstić information content (AvgIpc) is 2.84. The second kappa shape index (κ2) is 11.4. The molecule has 5 nitrogen and oxygen atoms in total. The molecule has 0 aliphatic carbocycles. The Balaban J connectivity index is 2.48. The second-order valence-corrected chi connectivity index (χ2v) is 13.2. The fourth-order valence-electron chi connectivity index (χ4n) is 5.50. The zero-order valence-electron chi connectivity index (χ0n) is 26.3. The zero-order chi connectivity index (χ0) is 30.1. The van der Waals surface area contributed by atoms with E-state index >= 15 is 0 Å². The number of carbonyl (C=O) groups excluding carboxylic acids is 1. The quantitative estimate of drug-likeness (QED) is 0.333. The molecule has 0 fully saturated rings. The van der Waals surface area contributed by atoms with Crippen molar-refractivity contribution in [1.82, 2.24) is 4.90 Å². The lowest BCUT2D eigenvalue weighted by Gasteiger charge is -2.42. The van der Waals surface area contributed by atoms with Crippen LogP contribution >= 0.6 is 0 Å². The molecule has 0 radical (unpaired) electrons. The lowest BCUT2D eigenvalue weighted by molar-refractivity contribution is -0.147. The predicted molar refractivity (Wildman–Crippen MR) is 160 cm³/mol. The summed E-state index contributed by atoms with van der Waals surface area (Å²) in [5.74, 6) is -1.24. The molecule has 0 aliphatic heterocycles. The largest absolute Gasteiger partial charge is 0.480 e. The molecule has 39 heavy (non-hydrogen) atoms. The van der Waals surface area contributed by atoms with Crippen LogP contribution in [0.1, 0.15) is 113 Å². The molecular weight excluding hydrogens is 486 g/mol. The first-order valence-electron chi connectivity index (χ1n) is 14.2. The monoisotopic (exact) mass is 537 g/mol. The van der Waals surface area contributed by atoms with Gasteiger partial charge in [0.25, 0.3) is 5.91 Å². The third kappa shape index (κ3) is 6.09. The van der Waals surface area contributed by atoms with Gasteiger partial charge < -0.3 is 15.1 Å². The highest BCUT2D eigenvalue weighted by molar-refractivity contribution is 5.98. The highest BCUT2D eigenvalue weighted by Crippen LogP contribution is 2.42. The predicted octanol–water partition coefficient (Wildman–Crippen LogP) is 7.32. The highest BCUT2D eigenvalue weighted by atomic mass is 16.4. The maximum atomic E-state index is 13.2. The Morgan fingerprint density at radius 1 is 0.872 bits per heavy atom. The van der Waals surface area contributed by atoms with Gasteiger partial charge in [0, 0.05) is 18.0 Å². The third-order valence-electron chi connectivity index (χ3n) is 9.78. The molecule has 5 heteroatoms. The summed E-state index contributed by atoms with van der Waals surface area (Å²) in [6, 6.07) is 12.7. The number of hydrogen-bond acceptors (Lipinski definition) is 3. The summed E-state index contributed by atoms with van der Waals surface area (Å²) >= 11 is 0. The van der Waals surface area contributed by atoms with Crippen molar-refractivity contribution in [3.05, 3.63) is 69.8 Å². The number of aliphatic hydroxyl groups is 1. The van der Waals surface area contributed by atoms with Crippen LogP contribution in [-0.2, 0) is 16.6 Å². The average molecular weight is 538 g/mol. The van der Waals surface area contributed by atoms with E-state index in [1.807, 2.05) is 26.0 Å². The normalized spacial score (nSPS) is 15.0. The van der Waals surface area contributed by atoms with Gasteiger partial charge in [0.05, 0.1) is 5.60 Å². The SMILES string of the molecule is CCC(CC)(c1ccc(CC(C)C(C)(O)C(C)(C)C)c(C)c1)c1ccc(C(=O)N(C)C(C)(C)C(=O)O)c(C)c1. The van der Waals surface area contributed by atoms with Crippen molar-refractivity contribution in [3.63, 3.8) is 0 Å². The van der Waals surface area contributed by atoms with Gasteiger partial charge in [0.15, 0.2) is 0 Å². The number of hydrogen-bond donors (Lipinski definition) is 2. The summed E-state index contributed by atoms with van der Waals surface area (Å²) in [5.41, 5.74) is 3.67. The van der Waals surface area contributed by atoms with E-state index < -0.39 is 17.1 Å². The highest BCUT2D eigenvalue weighted by Gasteiger charge is 2.40. The van der Waals surface area contributed by atoms with Crippen molar-refractivity contribution in [3.8, 4) is 0 Å². The van der Waals surface area contributed by atoms with Crippen LogP contribution in [0.2, 0.25) is 0 Å². The Labute approximate surface area is 236 Å². The minimum absolute atomic E-state index is 0.0983. The minimum Gasteiger partial charge on any atom is -0.480 e. The van der Waals surface area contributed by atoms with Gasteiger partial charge in [-0.2, -0.15) is 0 Å². The van der Waals surface area contributed by atoms with E-state index in [-0.39, 0.29) is 22.7 Å². The first kappa shape index (κ1) is 32.6. The number of likely N-dealkylation sites (N-methyl/N-ethyl adjacent to an activating group) is 1. The van der Waals surface area contributed by atoms with Gasteiger partial charge in [-0.05, 0) is 99.1 Å². The van der Waals surface area contributed by atoms with E-state index in [4.69, 9.17) is 0 Å². The number of carboxylic acids is 1. The van der Waals surface area contributed by atoms with Gasteiger partial charge in [-0.1, -0.05) is 71.9 Å². The number of nitrogens with zero attached hydrogens (tertiary/aromatic N) is 1. The van der Waals surface area contributed by atoms with Crippen molar-refractivity contribution in [2.24, 2.45) is 11.3 Å². The summed E-state index contributed by atoms with van der Waals surface area (Å²) in [7, 11) is 1.54. The standard InChI is InChI=1S/C34H51NO4/c1-13-34(14-2,26-16-15-25(22(3)19-26)21-24(5)33(11,39)31(6,7)8)27-17-18-28(23(4)20-27)29(36)35(12)32(9,10)30(37)38/h15-20,24,39H,13-14,21H2,1-12H3,(H,37,38). The van der Waals surface area contributed by atoms with Crippen LogP contribution in [-0.4, -0.2) is 45.2 Å². The molecule has 2 atom stereocenters. The van der Waals surface area contributed by atoms with Crippen molar-refractivity contribution < 1.29 is 19.8 Å². The molecule has 0 saturated heterocycles. The number of rotatable bonds is 10. The van der Waals surface area contributed by atoms with Crippen LogP contribution in [0.4, 0.5) is 0 Å². The molecule has 2 N–H and O–H groups in total. The molecule has 0 heterocycles. The van der Waals surface area contributed by atoms with Crippen LogP contribution in [0.3, 0.4) is 0 Å². The molecule has 2 rings (SSSR count). The summed E-state index contributed by atoms with van der Waals surface area (Å²) in [6.07, 6.45) is 2.60. The van der Waals surface area contributed by atoms with Crippen LogP contribution in [0.15, 0.2) is 36.4 Å². The van der Waals surface area contributed by atoms with Gasteiger partial charge in [-0.15, -0.1) is 0 Å². The Hall–Kier alpha value is -2.66. The molecule has 0 aromatic heterocycles. The van der Waals surface area contributed by atoms with Crippen LogP contribution in [0.5, 0.6) is 0 Å². The van der Waals surface area contributed by atoms with Gasteiger partial charge in [0.2, 0.25) is 0 Å². The molecule has 2 aromatic carbocycles. The van der Waals surface area contributed by atoms with E-state index in [2.05, 4.69) is 72.7 Å². The smallest absolute Gasteiger partial charge is 0.329 e. The van der Waals surface area contributed by atoms with Crippen LogP contribution < -0.4 is 0 Å². The van der Waals surface area contributed by atoms with Gasteiger partial charge in [-0.3, -0.25) is 4.79 Å². The summed E-state index contributed by atoms with van der Waals surface area (Å²) < 4.78 is 0. The number of aryl methyl sites for hydroxylation is 2. The molecule has 0 spiro atoms. The fourth-order valence-corrected chi connectivity index (χ4v) is 5.50. The Morgan fingerprint density at radius 2 is 1.36 bits per heavy atom. The van der Waals surface area contributed by atoms with E-state index in [0.29, 0.717) is 5.56 Å². The van der Waals surface area contributed by atoms with Crippen molar-refractivity contribution in [2.75, 3.05) is 7.05 Å². The van der Waals surface area contributed by atoms with Crippen LogP contribution in [0.25, 0.3) is 0 Å². The summed E-state index contributed by atoms with van der Waals surface area (Å²) in [4.78, 5) is 26.2. The fraction of sp³-hybridized carbons (Fsp3) is 0.588. The number of carboxylic acid groups (broad SMARTS) is 1. The number of amides is 1. The third-order valence-corrected chi connectivity index (χ3v) is 9.78. The second-order valence-electron chi connectivity index (χ2n) is 13.2. The zero-order valence-corrected chi connectivity index (χ0v) is 26.3. The summed E-state index contributed by atoms with van der Waals surface area (Å²) in [5, 5.41) is 20.8. The van der Waals surface area contributed by atoms with Gasteiger partial charge >= 0.3 is 5.97 Å². The van der Waals surface area contributed by atoms with E-state index in [1.54, 1.807) is 0 Å². The number of aliphatic carboxylic acids is 1. The van der Waals surface area contributed by atoms with E-state index in [1.165, 1.54) is 42.5 Å². The number of carbonyl (C=O) groups is 2. The molecule has 1 amide bonds. The first-order valence-corrected chi connectivity index (χ1v) is 14.2. The maximum Gasteiger partial charge on any atom is 0.329 e. The molecular formula is C34H51NO4. The van der Waals surface area contributed by atoms with E-state index in [9.17, 15) is 19.8 Å². The van der Waals surface area contributed by atoms with Gasteiger partial charge in [0.1, 0.15) is 5.54 Å². The Morgan fingerprint density at radius 3 is 1.77 bits per heavy atom. The lowest BCUT2D eigenvalue weighted by Crippen LogP contribution is -2.50. The number of benzene rings is 2. The lowest BCUT2D eigenvalue weighted by atomic mass is 9.68. The molecule has 2 unspecified atom stereocenters. The Bertz CT molecular complexity index is 1200. The molecule has 2 aromatic rings. The van der Waals surface area contributed by atoms with Crippen LogP contribution in [0, 0.1) is 25.2 Å². The minimum atomic E-state index is -1.31. The maximum absolute atomic E-state index is 13.2. The molecule has 0 bridgehead atoms. The van der Waals surface area contributed by atoms with Gasteiger partial charge in [-0.25, -0.2) is 4.79 Å². The van der Waals surface area contributed by atoms with Crippen molar-refractivity contribution >= 4 is 11.9 Å². The van der Waals surface area contributed by atoms with Crippen molar-refractivity contribution in [1.29, 1.82) is 0 Å². The first-order chi connectivity index (χ1) is 17.8. The van der Waals surface area contributed by atoms with Crippen molar-refractivity contribution in [2.45, 2.75) is 112 Å². The molecule has 216 valence electrons. The molecule has 0 aliphatic rings. The summed E-state index contributed by atoms with van der Waals surface area (Å²) in [6.45, 7) is 21.9. The van der Waals surface area contributed by atoms with E-state index in [0.717, 1.165) is 30.4 Å². The molecule has 0 saturated carbocycles. The Kier molecular flexibility index (Phi) is 9.55. The topological polar surface area (TPSA) is 77.8 Å².